The van der Waals surface area contributed by atoms with Crippen molar-refractivity contribution >= 4 is 10.0 Å². The summed E-state index contributed by atoms with van der Waals surface area (Å²) >= 11 is 0. The van der Waals surface area contributed by atoms with E-state index in [-0.39, 0.29) is 11.0 Å². The van der Waals surface area contributed by atoms with Crippen LogP contribution in [0.3, 0.4) is 0 Å². The zero-order valence-electron chi connectivity index (χ0n) is 7.38. The van der Waals surface area contributed by atoms with Gasteiger partial charge >= 0.3 is 0 Å². The third kappa shape index (κ3) is 2.21. The fraction of sp³-hybridized carbons (Fsp3) is 0.375. The van der Waals surface area contributed by atoms with Gasteiger partial charge in [0.1, 0.15) is 6.10 Å². The zero-order chi connectivity index (χ0) is 10.2. The number of sulfonamides is 1. The molecule has 0 saturated heterocycles. The first-order valence-electron chi connectivity index (χ1n) is 4.21. The number of aromatic nitrogens is 1. The number of rotatable bonds is 3. The molecule has 0 atom stereocenters. The van der Waals surface area contributed by atoms with Gasteiger partial charge in [-0.25, -0.2) is 18.5 Å². The summed E-state index contributed by atoms with van der Waals surface area (Å²) in [7, 11) is -3.66. The summed E-state index contributed by atoms with van der Waals surface area (Å²) in [6.45, 7) is 0. The van der Waals surface area contributed by atoms with Crippen molar-refractivity contribution in [3.8, 4) is 5.88 Å². The molecular formula is C8H10N2O3S. The lowest BCUT2D eigenvalue weighted by Gasteiger charge is -2.03. The summed E-state index contributed by atoms with van der Waals surface area (Å²) in [6, 6.07) is 2.68. The average Bonchev–Trinajstić information content (AvgIpc) is 2.87. The van der Waals surface area contributed by atoms with Crippen molar-refractivity contribution in [2.24, 2.45) is 5.14 Å². The third-order valence-electron chi connectivity index (χ3n) is 1.85. The van der Waals surface area contributed by atoms with E-state index in [1.165, 1.54) is 18.3 Å². The Morgan fingerprint density at radius 1 is 1.50 bits per heavy atom. The van der Waals surface area contributed by atoms with Crippen molar-refractivity contribution < 1.29 is 13.2 Å². The third-order valence-corrected chi connectivity index (χ3v) is 2.76. The molecule has 0 amide bonds. The van der Waals surface area contributed by atoms with E-state index in [0.29, 0.717) is 5.88 Å². The van der Waals surface area contributed by atoms with E-state index in [1.54, 1.807) is 0 Å². The molecule has 1 saturated carbocycles. The molecule has 1 aliphatic rings. The molecule has 6 heteroatoms. The van der Waals surface area contributed by atoms with Crippen LogP contribution in [0.15, 0.2) is 23.2 Å². The van der Waals surface area contributed by atoms with Crippen LogP contribution >= 0.6 is 0 Å². The first-order chi connectivity index (χ1) is 6.55. The van der Waals surface area contributed by atoms with Gasteiger partial charge in [0.15, 0.2) is 0 Å². The minimum atomic E-state index is -3.66. The minimum Gasteiger partial charge on any atom is -0.474 e. The normalized spacial score (nSPS) is 16.6. The number of ether oxygens (including phenoxy) is 1. The quantitative estimate of drug-likeness (QED) is 0.783. The molecule has 0 unspecified atom stereocenters. The Morgan fingerprint density at radius 2 is 2.21 bits per heavy atom. The molecule has 0 aromatic carbocycles. The van der Waals surface area contributed by atoms with Gasteiger partial charge in [-0.2, -0.15) is 0 Å². The molecular weight excluding hydrogens is 204 g/mol. The first kappa shape index (κ1) is 9.42. The van der Waals surface area contributed by atoms with Crippen molar-refractivity contribution in [3.05, 3.63) is 18.3 Å². The van der Waals surface area contributed by atoms with Crippen molar-refractivity contribution in [3.63, 3.8) is 0 Å². The van der Waals surface area contributed by atoms with Crippen molar-refractivity contribution in [1.82, 2.24) is 4.98 Å². The topological polar surface area (TPSA) is 82.3 Å². The van der Waals surface area contributed by atoms with Crippen LogP contribution in [0.2, 0.25) is 0 Å². The first-order valence-corrected chi connectivity index (χ1v) is 5.76. The molecule has 0 radical (unpaired) electrons. The van der Waals surface area contributed by atoms with E-state index in [4.69, 9.17) is 9.88 Å². The Bertz CT molecular complexity index is 440. The molecule has 1 aromatic heterocycles. The summed E-state index contributed by atoms with van der Waals surface area (Å²) in [5.41, 5.74) is 0. The lowest BCUT2D eigenvalue weighted by molar-refractivity contribution is 0.290. The fourth-order valence-corrected chi connectivity index (χ4v) is 1.50. The lowest BCUT2D eigenvalue weighted by atomic mass is 10.5. The van der Waals surface area contributed by atoms with Gasteiger partial charge < -0.3 is 4.74 Å². The minimum absolute atomic E-state index is 0.0307. The number of hydrogen-bond acceptors (Lipinski definition) is 4. The molecule has 1 aliphatic carbocycles. The van der Waals surface area contributed by atoms with E-state index in [2.05, 4.69) is 4.98 Å². The van der Waals surface area contributed by atoms with Crippen LogP contribution in [-0.4, -0.2) is 19.5 Å². The fourth-order valence-electron chi connectivity index (χ4n) is 0.989. The molecule has 0 bridgehead atoms. The van der Waals surface area contributed by atoms with Gasteiger partial charge in [-0.1, -0.05) is 0 Å². The van der Waals surface area contributed by atoms with E-state index < -0.39 is 10.0 Å². The summed E-state index contributed by atoms with van der Waals surface area (Å²) in [4.78, 5) is 3.92. The highest BCUT2D eigenvalue weighted by Gasteiger charge is 2.24. The molecule has 2 rings (SSSR count). The Morgan fingerprint density at radius 3 is 2.79 bits per heavy atom. The highest BCUT2D eigenvalue weighted by molar-refractivity contribution is 7.89. The maximum Gasteiger partial charge on any atom is 0.238 e. The van der Waals surface area contributed by atoms with Crippen molar-refractivity contribution in [1.29, 1.82) is 0 Å². The molecule has 1 heterocycles. The smallest absolute Gasteiger partial charge is 0.238 e. The highest BCUT2D eigenvalue weighted by atomic mass is 32.2. The summed E-state index contributed by atoms with van der Waals surface area (Å²) in [5, 5.41) is 4.96. The van der Waals surface area contributed by atoms with Crippen LogP contribution < -0.4 is 9.88 Å². The van der Waals surface area contributed by atoms with Gasteiger partial charge in [-0.15, -0.1) is 0 Å². The highest BCUT2D eigenvalue weighted by Crippen LogP contribution is 2.26. The van der Waals surface area contributed by atoms with Crippen molar-refractivity contribution in [2.75, 3.05) is 0 Å². The predicted octanol–water partition coefficient (Wildman–Crippen LogP) is 0.270. The molecule has 2 N–H and O–H groups in total. The number of hydrogen-bond donors (Lipinski definition) is 1. The standard InChI is InChI=1S/C8H10N2O3S/c9-14(11,12)7-3-4-10-8(5-7)13-6-1-2-6/h3-6H,1-2H2,(H2,9,11,12). The van der Waals surface area contributed by atoms with Gasteiger partial charge in [-0.05, 0) is 18.9 Å². The van der Waals surface area contributed by atoms with E-state index in [9.17, 15) is 8.42 Å². The van der Waals surface area contributed by atoms with Crippen LogP contribution in [0.25, 0.3) is 0 Å². The molecule has 1 fully saturated rings. The molecule has 5 nitrogen and oxygen atoms in total. The second-order valence-electron chi connectivity index (χ2n) is 3.19. The van der Waals surface area contributed by atoms with E-state index >= 15 is 0 Å². The summed E-state index contributed by atoms with van der Waals surface area (Å²) < 4.78 is 27.3. The monoisotopic (exact) mass is 214 g/mol. The van der Waals surface area contributed by atoms with Gasteiger partial charge in [0, 0.05) is 12.3 Å². The zero-order valence-corrected chi connectivity index (χ0v) is 8.20. The van der Waals surface area contributed by atoms with Crippen LogP contribution in [-0.2, 0) is 10.0 Å². The van der Waals surface area contributed by atoms with Gasteiger partial charge in [0.2, 0.25) is 15.9 Å². The number of pyridine rings is 1. The van der Waals surface area contributed by atoms with Gasteiger partial charge in [-0.3, -0.25) is 0 Å². The molecule has 0 spiro atoms. The summed E-state index contributed by atoms with van der Waals surface area (Å²) in [6.07, 6.45) is 3.57. The number of primary sulfonamides is 1. The lowest BCUT2D eigenvalue weighted by Crippen LogP contribution is -2.12. The SMILES string of the molecule is NS(=O)(=O)c1ccnc(OC2CC2)c1. The number of nitrogens with two attached hydrogens (primary N) is 1. The second kappa shape index (κ2) is 3.21. The van der Waals surface area contributed by atoms with Crippen LogP contribution in [0, 0.1) is 0 Å². The van der Waals surface area contributed by atoms with Crippen LogP contribution in [0.1, 0.15) is 12.8 Å². The van der Waals surface area contributed by atoms with Crippen molar-refractivity contribution in [2.45, 2.75) is 23.8 Å². The van der Waals surface area contributed by atoms with E-state index in [1.807, 2.05) is 0 Å². The molecule has 14 heavy (non-hydrogen) atoms. The maximum absolute atomic E-state index is 11.0. The van der Waals surface area contributed by atoms with Gasteiger partial charge in [0.25, 0.3) is 0 Å². The Kier molecular flexibility index (Phi) is 2.16. The average molecular weight is 214 g/mol. The Balaban J connectivity index is 2.26. The van der Waals surface area contributed by atoms with Crippen LogP contribution in [0.4, 0.5) is 0 Å². The summed E-state index contributed by atoms with van der Waals surface area (Å²) in [5.74, 6) is 0.319. The number of nitrogens with zero attached hydrogens (tertiary/aromatic N) is 1. The molecule has 0 aliphatic heterocycles. The molecule has 1 aromatic rings. The van der Waals surface area contributed by atoms with Crippen LogP contribution in [0.5, 0.6) is 5.88 Å². The molecule has 76 valence electrons. The largest absolute Gasteiger partial charge is 0.474 e. The Labute approximate surface area is 82.0 Å². The second-order valence-corrected chi connectivity index (χ2v) is 4.75. The van der Waals surface area contributed by atoms with Gasteiger partial charge in [0.05, 0.1) is 4.90 Å². The predicted molar refractivity (Wildman–Crippen MR) is 49.3 cm³/mol. The maximum atomic E-state index is 11.0. The van der Waals surface area contributed by atoms with E-state index in [0.717, 1.165) is 12.8 Å². The Hall–Kier alpha value is -1.14.